The van der Waals surface area contributed by atoms with Crippen LogP contribution in [0.25, 0.3) is 22.4 Å². The van der Waals surface area contributed by atoms with Crippen LogP contribution in [0, 0.1) is 5.92 Å². The molecule has 0 amide bonds. The fourth-order valence-corrected chi connectivity index (χ4v) is 3.50. The van der Waals surface area contributed by atoms with Gasteiger partial charge in [-0.15, -0.1) is 0 Å². The van der Waals surface area contributed by atoms with Crippen molar-refractivity contribution in [2.24, 2.45) is 5.92 Å². The normalized spacial score (nSPS) is 18.2. The number of alkyl halides is 3. The number of rotatable bonds is 3. The molecule has 0 aliphatic carbocycles. The predicted molar refractivity (Wildman–Crippen MR) is 101 cm³/mol. The highest BCUT2D eigenvalue weighted by Crippen LogP contribution is 2.38. The maximum atomic E-state index is 13.7. The van der Waals surface area contributed by atoms with E-state index >= 15 is 0 Å². The number of pyridine rings is 2. The SMILES string of the molecule is CC(C)[C@H]1CN(c2ccc(C(F)(F)F)c(-c3n[nH]c4ncccc34)n2)CCN1. The predicted octanol–water partition coefficient (Wildman–Crippen LogP) is 3.47. The van der Waals surface area contributed by atoms with Crippen molar-refractivity contribution in [1.82, 2.24) is 25.5 Å². The molecule has 28 heavy (non-hydrogen) atoms. The van der Waals surface area contributed by atoms with Crippen LogP contribution in [0.5, 0.6) is 0 Å². The Morgan fingerprint density at radius 1 is 1.18 bits per heavy atom. The standard InChI is InChI=1S/C19H21F3N6/c1-11(2)14-10-28(9-8-23-14)15-6-5-13(19(20,21)22)17(25-15)16-12-4-3-7-24-18(12)27-26-16/h3-7,11,14,23H,8-10H2,1-2H3,(H,24,26,27)/t14-/m1/s1. The van der Waals surface area contributed by atoms with E-state index in [0.717, 1.165) is 12.6 Å². The average molecular weight is 390 g/mol. The molecule has 4 heterocycles. The van der Waals surface area contributed by atoms with E-state index in [4.69, 9.17) is 0 Å². The lowest BCUT2D eigenvalue weighted by molar-refractivity contribution is -0.137. The van der Waals surface area contributed by atoms with E-state index < -0.39 is 11.7 Å². The average Bonchev–Trinajstić information content (AvgIpc) is 3.11. The van der Waals surface area contributed by atoms with Gasteiger partial charge in [0.15, 0.2) is 5.65 Å². The van der Waals surface area contributed by atoms with Crippen LogP contribution in [0.3, 0.4) is 0 Å². The van der Waals surface area contributed by atoms with Gasteiger partial charge in [0.05, 0.1) is 5.56 Å². The Labute approximate surface area is 160 Å². The van der Waals surface area contributed by atoms with Crippen molar-refractivity contribution in [2.75, 3.05) is 24.5 Å². The summed E-state index contributed by atoms with van der Waals surface area (Å²) < 4.78 is 41.0. The fourth-order valence-electron chi connectivity index (χ4n) is 3.50. The van der Waals surface area contributed by atoms with Gasteiger partial charge >= 0.3 is 6.18 Å². The minimum Gasteiger partial charge on any atom is -0.354 e. The molecule has 0 aromatic carbocycles. The quantitative estimate of drug-likeness (QED) is 0.717. The van der Waals surface area contributed by atoms with Gasteiger partial charge in [0.2, 0.25) is 0 Å². The van der Waals surface area contributed by atoms with E-state index in [1.165, 1.54) is 6.07 Å². The summed E-state index contributed by atoms with van der Waals surface area (Å²) in [6, 6.07) is 6.16. The molecule has 4 rings (SSSR count). The molecule has 1 aliphatic rings. The van der Waals surface area contributed by atoms with Crippen molar-refractivity contribution in [1.29, 1.82) is 0 Å². The number of H-pyrrole nitrogens is 1. The van der Waals surface area contributed by atoms with Crippen LogP contribution in [0.4, 0.5) is 19.0 Å². The van der Waals surface area contributed by atoms with Gasteiger partial charge in [-0.05, 0) is 30.2 Å². The Kier molecular flexibility index (Phi) is 4.70. The summed E-state index contributed by atoms with van der Waals surface area (Å²) in [7, 11) is 0. The molecule has 1 fully saturated rings. The number of nitrogens with one attached hydrogen (secondary N) is 2. The van der Waals surface area contributed by atoms with E-state index in [9.17, 15) is 13.2 Å². The number of hydrogen-bond donors (Lipinski definition) is 2. The summed E-state index contributed by atoms with van der Waals surface area (Å²) in [5, 5.41) is 10.7. The maximum absolute atomic E-state index is 13.7. The number of hydrogen-bond acceptors (Lipinski definition) is 5. The summed E-state index contributed by atoms with van der Waals surface area (Å²) in [5.74, 6) is 0.938. The van der Waals surface area contributed by atoms with Gasteiger partial charge in [-0.2, -0.15) is 18.3 Å². The van der Waals surface area contributed by atoms with Gasteiger partial charge in [0.25, 0.3) is 0 Å². The lowest BCUT2D eigenvalue weighted by atomic mass is 10.0. The summed E-state index contributed by atoms with van der Waals surface area (Å²) in [6.45, 7) is 6.38. The first-order valence-corrected chi connectivity index (χ1v) is 9.20. The number of fused-ring (bicyclic) bond motifs is 1. The minimum atomic E-state index is -4.53. The molecule has 0 bridgehead atoms. The van der Waals surface area contributed by atoms with Crippen molar-refractivity contribution in [2.45, 2.75) is 26.1 Å². The number of piperazine rings is 1. The largest absolute Gasteiger partial charge is 0.418 e. The number of aromatic nitrogens is 4. The second-order valence-corrected chi connectivity index (χ2v) is 7.29. The van der Waals surface area contributed by atoms with Gasteiger partial charge in [-0.25, -0.2) is 9.97 Å². The Hall–Kier alpha value is -2.68. The van der Waals surface area contributed by atoms with Crippen molar-refractivity contribution in [3.8, 4) is 11.4 Å². The fraction of sp³-hybridized carbons (Fsp3) is 0.421. The molecule has 3 aromatic rings. The van der Waals surface area contributed by atoms with Gasteiger partial charge in [0.1, 0.15) is 17.2 Å². The van der Waals surface area contributed by atoms with Gasteiger partial charge in [0, 0.05) is 37.3 Å². The molecule has 3 aromatic heterocycles. The van der Waals surface area contributed by atoms with Crippen LogP contribution in [0.2, 0.25) is 0 Å². The zero-order valence-electron chi connectivity index (χ0n) is 15.6. The third kappa shape index (κ3) is 3.42. The van der Waals surface area contributed by atoms with Crippen molar-refractivity contribution in [3.05, 3.63) is 36.0 Å². The highest BCUT2D eigenvalue weighted by Gasteiger charge is 2.36. The highest BCUT2D eigenvalue weighted by atomic mass is 19.4. The minimum absolute atomic E-state index is 0.160. The lowest BCUT2D eigenvalue weighted by Gasteiger charge is -2.36. The maximum Gasteiger partial charge on any atom is 0.418 e. The van der Waals surface area contributed by atoms with Crippen LogP contribution in [-0.2, 0) is 6.18 Å². The van der Waals surface area contributed by atoms with E-state index in [1.807, 2.05) is 4.90 Å². The van der Waals surface area contributed by atoms with E-state index in [2.05, 4.69) is 39.3 Å². The lowest BCUT2D eigenvalue weighted by Crippen LogP contribution is -2.53. The van der Waals surface area contributed by atoms with Crippen LogP contribution < -0.4 is 10.2 Å². The molecule has 9 heteroatoms. The van der Waals surface area contributed by atoms with E-state index in [-0.39, 0.29) is 17.4 Å². The zero-order chi connectivity index (χ0) is 19.9. The van der Waals surface area contributed by atoms with Gasteiger partial charge < -0.3 is 10.2 Å². The second kappa shape index (κ2) is 7.05. The second-order valence-electron chi connectivity index (χ2n) is 7.29. The molecular formula is C19H21F3N6. The molecule has 0 saturated carbocycles. The van der Waals surface area contributed by atoms with Crippen molar-refractivity contribution >= 4 is 16.9 Å². The summed E-state index contributed by atoms with van der Waals surface area (Å²) in [5.41, 5.74) is -0.388. The van der Waals surface area contributed by atoms with E-state index in [0.29, 0.717) is 35.9 Å². The third-order valence-electron chi connectivity index (χ3n) is 5.08. The summed E-state index contributed by atoms with van der Waals surface area (Å²) in [4.78, 5) is 10.6. The topological polar surface area (TPSA) is 69.7 Å². The van der Waals surface area contributed by atoms with Crippen molar-refractivity contribution in [3.63, 3.8) is 0 Å². The molecule has 148 valence electrons. The monoisotopic (exact) mass is 390 g/mol. The van der Waals surface area contributed by atoms with Crippen molar-refractivity contribution < 1.29 is 13.2 Å². The Morgan fingerprint density at radius 2 is 2.00 bits per heavy atom. The Balaban J connectivity index is 1.81. The molecule has 1 aliphatic heterocycles. The van der Waals surface area contributed by atoms with Crippen LogP contribution in [0.15, 0.2) is 30.5 Å². The molecule has 6 nitrogen and oxygen atoms in total. The molecule has 0 radical (unpaired) electrons. The van der Waals surface area contributed by atoms with Gasteiger partial charge in [-0.1, -0.05) is 13.8 Å². The van der Waals surface area contributed by atoms with Gasteiger partial charge in [-0.3, -0.25) is 5.10 Å². The van der Waals surface area contributed by atoms with E-state index in [1.54, 1.807) is 18.3 Å². The zero-order valence-corrected chi connectivity index (χ0v) is 15.6. The smallest absolute Gasteiger partial charge is 0.354 e. The molecule has 0 unspecified atom stereocenters. The molecule has 1 saturated heterocycles. The Bertz CT molecular complexity index is 981. The highest BCUT2D eigenvalue weighted by molar-refractivity contribution is 5.90. The number of nitrogens with zero attached hydrogens (tertiary/aromatic N) is 4. The summed E-state index contributed by atoms with van der Waals surface area (Å²) in [6.07, 6.45) is -2.97. The van der Waals surface area contributed by atoms with Crippen LogP contribution in [-0.4, -0.2) is 45.8 Å². The molecule has 2 N–H and O–H groups in total. The number of halogens is 3. The van der Waals surface area contributed by atoms with Crippen LogP contribution >= 0.6 is 0 Å². The number of aromatic amines is 1. The Morgan fingerprint density at radius 3 is 2.75 bits per heavy atom. The third-order valence-corrected chi connectivity index (χ3v) is 5.08. The number of anilines is 1. The molecular weight excluding hydrogens is 369 g/mol. The first kappa shape index (κ1) is 18.7. The first-order valence-electron chi connectivity index (χ1n) is 9.20. The van der Waals surface area contributed by atoms with Crippen LogP contribution in [0.1, 0.15) is 19.4 Å². The molecule has 1 atom stereocenters. The summed E-state index contributed by atoms with van der Waals surface area (Å²) >= 11 is 0. The first-order chi connectivity index (χ1) is 13.3. The molecule has 0 spiro atoms.